The number of nitrogens with one attached hydrogen (secondary N) is 1. The second-order valence-corrected chi connectivity index (χ2v) is 17.2. The summed E-state index contributed by atoms with van der Waals surface area (Å²) in [5.74, 6) is 0. The van der Waals surface area contributed by atoms with Crippen molar-refractivity contribution in [2.75, 3.05) is 52.4 Å². The predicted octanol–water partition coefficient (Wildman–Crippen LogP) is 7.13. The molecule has 0 aromatic heterocycles. The van der Waals surface area contributed by atoms with Gasteiger partial charge < -0.3 is 33.9 Å². The van der Waals surface area contributed by atoms with Crippen LogP contribution in [0.4, 0.5) is 4.79 Å². The van der Waals surface area contributed by atoms with Gasteiger partial charge in [0.05, 0.1) is 64.9 Å². The summed E-state index contributed by atoms with van der Waals surface area (Å²) < 4.78 is 28.1. The van der Waals surface area contributed by atoms with Crippen LogP contribution in [0.2, 0.25) is 0 Å². The van der Waals surface area contributed by atoms with Crippen molar-refractivity contribution in [3.8, 4) is 0 Å². The Morgan fingerprint density at radius 1 is 0.509 bits per heavy atom. The summed E-state index contributed by atoms with van der Waals surface area (Å²) in [6.07, 6.45) is -0.224. The zero-order chi connectivity index (χ0) is 38.9. The Labute approximate surface area is 337 Å². The van der Waals surface area contributed by atoms with Gasteiger partial charge in [0.1, 0.15) is 5.60 Å². The first kappa shape index (κ1) is 38.4. The lowest BCUT2D eigenvalue weighted by atomic mass is 9.92. The molecular formula is C47H56N4O6. The number of hydrogen-bond acceptors (Lipinski definition) is 9. The molecule has 300 valence electrons. The molecule has 6 aliphatic rings. The van der Waals surface area contributed by atoms with Gasteiger partial charge in [-0.3, -0.25) is 9.80 Å². The Morgan fingerprint density at radius 3 is 1.19 bits per heavy atom. The molecule has 1 amide bonds. The first-order valence-electron chi connectivity index (χ1n) is 20.7. The van der Waals surface area contributed by atoms with Gasteiger partial charge in [-0.25, -0.2) is 4.79 Å². The molecule has 10 nitrogen and oxygen atoms in total. The fourth-order valence-corrected chi connectivity index (χ4v) is 9.11. The molecule has 2 saturated heterocycles. The van der Waals surface area contributed by atoms with E-state index in [1.54, 1.807) is 0 Å². The average molecular weight is 773 g/mol. The van der Waals surface area contributed by atoms with Gasteiger partial charge in [0, 0.05) is 52.4 Å². The van der Waals surface area contributed by atoms with Crippen LogP contribution in [0.5, 0.6) is 0 Å². The number of benzene rings is 4. The molecule has 1 N–H and O–H groups in total. The van der Waals surface area contributed by atoms with E-state index in [9.17, 15) is 4.79 Å². The summed E-state index contributed by atoms with van der Waals surface area (Å²) in [7, 11) is 0. The van der Waals surface area contributed by atoms with Crippen molar-refractivity contribution in [2.45, 2.75) is 91.3 Å². The maximum atomic E-state index is 12.5. The Morgan fingerprint density at radius 2 is 0.842 bits per heavy atom. The van der Waals surface area contributed by atoms with Gasteiger partial charge >= 0.3 is 6.09 Å². The molecule has 0 radical (unpaired) electrons. The molecule has 0 bridgehead atoms. The molecule has 0 spiro atoms. The Kier molecular flexibility index (Phi) is 11.2. The number of piperazine rings is 2. The van der Waals surface area contributed by atoms with Gasteiger partial charge in [0.2, 0.25) is 0 Å². The van der Waals surface area contributed by atoms with Crippen molar-refractivity contribution >= 4 is 6.09 Å². The van der Waals surface area contributed by atoms with Crippen LogP contribution in [-0.4, -0.2) is 78.8 Å². The van der Waals surface area contributed by atoms with Gasteiger partial charge in [0.25, 0.3) is 0 Å². The van der Waals surface area contributed by atoms with Crippen LogP contribution in [0.3, 0.4) is 0 Å². The van der Waals surface area contributed by atoms with Crippen molar-refractivity contribution in [2.24, 2.45) is 0 Å². The molecule has 10 heteroatoms. The van der Waals surface area contributed by atoms with Crippen molar-refractivity contribution in [1.82, 2.24) is 20.0 Å². The van der Waals surface area contributed by atoms with Crippen molar-refractivity contribution in [1.29, 1.82) is 0 Å². The number of carbonyl (C=O) groups is 1. The van der Waals surface area contributed by atoms with Crippen LogP contribution in [0.15, 0.2) is 72.8 Å². The second-order valence-electron chi connectivity index (χ2n) is 17.2. The third-order valence-electron chi connectivity index (χ3n) is 12.1. The molecule has 4 aromatic rings. The van der Waals surface area contributed by atoms with Gasteiger partial charge in [-0.05, 0) is 87.5 Å². The molecule has 4 aromatic carbocycles. The summed E-state index contributed by atoms with van der Waals surface area (Å²) in [4.78, 5) is 19.5. The summed E-state index contributed by atoms with van der Waals surface area (Å²) in [6.45, 7) is 18.7. The fraction of sp³-hybridized carbons (Fsp3) is 0.468. The summed E-state index contributed by atoms with van der Waals surface area (Å²) in [6, 6.07) is 27.7. The van der Waals surface area contributed by atoms with Crippen molar-refractivity contribution in [3.63, 3.8) is 0 Å². The number of carbonyl (C=O) groups excluding carboxylic acids is 1. The Balaban J connectivity index is 0.000000153. The maximum absolute atomic E-state index is 12.5. The number of rotatable bonds is 6. The topological polar surface area (TPSA) is 85.0 Å². The largest absolute Gasteiger partial charge is 0.444 e. The van der Waals surface area contributed by atoms with Gasteiger partial charge in [-0.15, -0.1) is 0 Å². The van der Waals surface area contributed by atoms with Crippen molar-refractivity contribution in [3.05, 3.63) is 140 Å². The normalized spacial score (nSPS) is 19.3. The zero-order valence-electron chi connectivity index (χ0n) is 33.7. The van der Waals surface area contributed by atoms with Crippen LogP contribution in [0.25, 0.3) is 0 Å². The van der Waals surface area contributed by atoms with E-state index in [1.807, 2.05) is 25.7 Å². The highest BCUT2D eigenvalue weighted by Gasteiger charge is 2.32. The SMILES string of the molecule is CC(C)(C)OC(=O)N1CCN(C(c2ccc3c(c2)COC3)c2ccc3c(c2)COC3)CC1.c1cc2c(cc1C(c1ccc3c(c1)COC3)N1CCNCC1)COC2. The lowest BCUT2D eigenvalue weighted by Gasteiger charge is -2.40. The molecule has 0 atom stereocenters. The summed E-state index contributed by atoms with van der Waals surface area (Å²) >= 11 is 0. The highest BCUT2D eigenvalue weighted by Crippen LogP contribution is 2.36. The molecule has 2 fully saturated rings. The monoisotopic (exact) mass is 772 g/mol. The maximum Gasteiger partial charge on any atom is 0.410 e. The van der Waals surface area contributed by atoms with Gasteiger partial charge in [-0.1, -0.05) is 72.8 Å². The fourth-order valence-electron chi connectivity index (χ4n) is 9.11. The number of hydrogen-bond donors (Lipinski definition) is 1. The molecule has 6 aliphatic heterocycles. The van der Waals surface area contributed by atoms with E-state index in [0.29, 0.717) is 45.6 Å². The van der Waals surface area contributed by atoms with E-state index in [0.717, 1.165) is 65.7 Å². The van der Waals surface area contributed by atoms with Crippen LogP contribution in [0.1, 0.15) is 99.6 Å². The third kappa shape index (κ3) is 8.54. The average Bonchev–Trinajstić information content (AvgIpc) is 4.06. The van der Waals surface area contributed by atoms with Crippen molar-refractivity contribution < 1.29 is 28.5 Å². The lowest BCUT2D eigenvalue weighted by molar-refractivity contribution is 0.0119. The standard InChI is InChI=1S/C26H32N2O4.C21H24N2O2/c1-26(2,3)32-25(29)28-10-8-27(9-11-28)24(18-4-6-20-14-30-16-22(20)12-18)19-5-7-21-15-31-17-23(21)13-19;1-3-17-11-24-13-19(17)9-15(1)21(23-7-5-22-6-8-23)16-2-4-18-12-25-14-20(18)10-16/h4-7,12-13,24H,8-11,14-17H2,1-3H3;1-4,9-10,21-22H,5-8,11-14H2. The third-order valence-corrected chi connectivity index (χ3v) is 12.1. The minimum atomic E-state index is -0.476. The van der Waals surface area contributed by atoms with Gasteiger partial charge in [-0.2, -0.15) is 0 Å². The van der Waals surface area contributed by atoms with Crippen LogP contribution >= 0.6 is 0 Å². The Bertz CT molecular complexity index is 1970. The molecule has 0 aliphatic carbocycles. The summed E-state index contributed by atoms with van der Waals surface area (Å²) in [5.41, 5.74) is 15.3. The predicted molar refractivity (Wildman–Crippen MR) is 217 cm³/mol. The smallest absolute Gasteiger partial charge is 0.410 e. The lowest BCUT2D eigenvalue weighted by Crippen LogP contribution is -2.51. The molecule has 6 heterocycles. The minimum absolute atomic E-state index is 0.132. The molecule has 57 heavy (non-hydrogen) atoms. The molecule has 10 rings (SSSR count). The van der Waals surface area contributed by atoms with Gasteiger partial charge in [0.15, 0.2) is 0 Å². The zero-order valence-corrected chi connectivity index (χ0v) is 33.7. The Hall–Kier alpha value is -4.13. The molecule has 0 unspecified atom stereocenters. The van der Waals surface area contributed by atoms with Crippen LogP contribution in [-0.2, 0) is 76.5 Å². The van der Waals surface area contributed by atoms with E-state index in [2.05, 4.69) is 87.9 Å². The molecular weight excluding hydrogens is 717 g/mol. The van der Waals surface area contributed by atoms with E-state index in [4.69, 9.17) is 23.7 Å². The minimum Gasteiger partial charge on any atom is -0.444 e. The number of amides is 1. The van der Waals surface area contributed by atoms with E-state index >= 15 is 0 Å². The second kappa shape index (κ2) is 16.6. The van der Waals surface area contributed by atoms with E-state index in [-0.39, 0.29) is 12.1 Å². The van der Waals surface area contributed by atoms with E-state index in [1.165, 1.54) is 66.8 Å². The summed E-state index contributed by atoms with van der Waals surface area (Å²) in [5, 5.41) is 3.47. The highest BCUT2D eigenvalue weighted by molar-refractivity contribution is 5.68. The number of nitrogens with zero attached hydrogens (tertiary/aromatic N) is 3. The first-order valence-corrected chi connectivity index (χ1v) is 20.7. The number of fused-ring (bicyclic) bond motifs is 4. The van der Waals surface area contributed by atoms with Crippen LogP contribution < -0.4 is 5.32 Å². The highest BCUT2D eigenvalue weighted by atomic mass is 16.6. The first-order chi connectivity index (χ1) is 27.8. The quantitative estimate of drug-likeness (QED) is 0.220. The molecule has 0 saturated carbocycles. The van der Waals surface area contributed by atoms with E-state index < -0.39 is 5.60 Å². The van der Waals surface area contributed by atoms with Crippen LogP contribution in [0, 0.1) is 0 Å². The number of ether oxygens (including phenoxy) is 5.